The Morgan fingerprint density at radius 1 is 1.27 bits per heavy atom. The van der Waals surface area contributed by atoms with Crippen LogP contribution in [0.25, 0.3) is 0 Å². The summed E-state index contributed by atoms with van der Waals surface area (Å²) in [6.45, 7) is 7.78. The second-order valence-electron chi connectivity index (χ2n) is 4.47. The molecule has 1 heterocycles. The fourth-order valence-electron chi connectivity index (χ4n) is 1.57. The summed E-state index contributed by atoms with van der Waals surface area (Å²) in [5.74, 6) is 0.803. The van der Waals surface area contributed by atoms with Gasteiger partial charge in [0.15, 0.2) is 0 Å². The molecule has 0 saturated carbocycles. The van der Waals surface area contributed by atoms with Gasteiger partial charge in [-0.15, -0.1) is 0 Å². The molecule has 15 heavy (non-hydrogen) atoms. The number of rotatable bonds is 6. The minimum Gasteiger partial charge on any atom is -0.309 e. The first-order valence-electron chi connectivity index (χ1n) is 5.84. The van der Waals surface area contributed by atoms with Crippen molar-refractivity contribution in [2.45, 2.75) is 39.7 Å². The van der Waals surface area contributed by atoms with E-state index in [0.717, 1.165) is 18.2 Å². The van der Waals surface area contributed by atoms with Gasteiger partial charge in [0.2, 0.25) is 0 Å². The third-order valence-corrected chi connectivity index (χ3v) is 2.54. The highest BCUT2D eigenvalue weighted by atomic mass is 14.9. The van der Waals surface area contributed by atoms with Gasteiger partial charge in [-0.1, -0.05) is 19.9 Å². The Kier molecular flexibility index (Phi) is 5.33. The molecule has 0 saturated heterocycles. The lowest BCUT2D eigenvalue weighted by Crippen LogP contribution is -2.20. The van der Waals surface area contributed by atoms with E-state index in [-0.39, 0.29) is 0 Å². The van der Waals surface area contributed by atoms with Crippen LogP contribution in [0.4, 0.5) is 0 Å². The molecule has 84 valence electrons. The molecule has 1 rings (SSSR count). The summed E-state index contributed by atoms with van der Waals surface area (Å²) in [5, 5.41) is 3.49. The van der Waals surface area contributed by atoms with Gasteiger partial charge in [0.05, 0.1) is 5.69 Å². The number of hydrogen-bond donors (Lipinski definition) is 1. The molecular formula is C13H22N2. The van der Waals surface area contributed by atoms with Crippen LogP contribution in [0.5, 0.6) is 0 Å². The predicted octanol–water partition coefficient (Wildman–Crippen LogP) is 3.17. The molecule has 0 aliphatic heterocycles. The van der Waals surface area contributed by atoms with Crippen LogP contribution < -0.4 is 5.32 Å². The average molecular weight is 206 g/mol. The predicted molar refractivity (Wildman–Crippen MR) is 64.7 cm³/mol. The Morgan fingerprint density at radius 3 is 2.67 bits per heavy atom. The van der Waals surface area contributed by atoms with E-state index in [1.54, 1.807) is 0 Å². The van der Waals surface area contributed by atoms with Gasteiger partial charge in [-0.25, -0.2) is 0 Å². The molecule has 0 bridgehead atoms. The lowest BCUT2D eigenvalue weighted by atomic mass is 10.1. The van der Waals surface area contributed by atoms with E-state index in [2.05, 4.69) is 37.1 Å². The molecule has 1 atom stereocenters. The topological polar surface area (TPSA) is 24.9 Å². The highest BCUT2D eigenvalue weighted by Gasteiger charge is 2.04. The molecule has 0 aliphatic rings. The molecule has 2 heteroatoms. The van der Waals surface area contributed by atoms with Crippen molar-refractivity contribution < 1.29 is 0 Å². The monoisotopic (exact) mass is 206 g/mol. The largest absolute Gasteiger partial charge is 0.309 e. The van der Waals surface area contributed by atoms with Gasteiger partial charge in [0.25, 0.3) is 0 Å². The molecule has 1 N–H and O–H groups in total. The zero-order chi connectivity index (χ0) is 11.1. The third kappa shape index (κ3) is 4.93. The highest BCUT2D eigenvalue weighted by molar-refractivity contribution is 5.07. The van der Waals surface area contributed by atoms with Gasteiger partial charge in [-0.05, 0) is 44.4 Å². The first kappa shape index (κ1) is 12.2. The molecule has 2 nitrogen and oxygen atoms in total. The van der Waals surface area contributed by atoms with Crippen LogP contribution in [0.2, 0.25) is 0 Å². The Balaban J connectivity index is 2.22. The Morgan fingerprint density at radius 2 is 2.07 bits per heavy atom. The minimum atomic E-state index is 0.360. The molecule has 1 aromatic heterocycles. The first-order valence-corrected chi connectivity index (χ1v) is 5.84. The third-order valence-electron chi connectivity index (χ3n) is 2.54. The summed E-state index contributed by atoms with van der Waals surface area (Å²) < 4.78 is 0. The second kappa shape index (κ2) is 6.57. The van der Waals surface area contributed by atoms with Gasteiger partial charge in [0.1, 0.15) is 0 Å². The first-order chi connectivity index (χ1) is 7.20. The van der Waals surface area contributed by atoms with Crippen molar-refractivity contribution in [1.82, 2.24) is 10.3 Å². The Hall–Kier alpha value is -0.890. The summed E-state index contributed by atoms with van der Waals surface area (Å²) in [6.07, 6.45) is 4.39. The summed E-state index contributed by atoms with van der Waals surface area (Å²) in [4.78, 5) is 4.33. The van der Waals surface area contributed by atoms with Crippen molar-refractivity contribution >= 4 is 0 Å². The van der Waals surface area contributed by atoms with Gasteiger partial charge in [-0.3, -0.25) is 4.98 Å². The molecule has 0 amide bonds. The van der Waals surface area contributed by atoms with Crippen LogP contribution in [0.15, 0.2) is 24.4 Å². The molecule has 0 aromatic carbocycles. The van der Waals surface area contributed by atoms with Gasteiger partial charge >= 0.3 is 0 Å². The van der Waals surface area contributed by atoms with Crippen molar-refractivity contribution in [1.29, 1.82) is 0 Å². The quantitative estimate of drug-likeness (QED) is 0.723. The van der Waals surface area contributed by atoms with Crippen molar-refractivity contribution in [2.75, 3.05) is 6.54 Å². The van der Waals surface area contributed by atoms with Crippen LogP contribution in [0.3, 0.4) is 0 Å². The number of nitrogens with one attached hydrogen (secondary N) is 1. The lowest BCUT2D eigenvalue weighted by Gasteiger charge is -2.13. The summed E-state index contributed by atoms with van der Waals surface area (Å²) in [7, 11) is 0. The minimum absolute atomic E-state index is 0.360. The average Bonchev–Trinajstić information content (AvgIpc) is 2.25. The maximum Gasteiger partial charge on any atom is 0.0570 e. The van der Waals surface area contributed by atoms with E-state index >= 15 is 0 Å². The van der Waals surface area contributed by atoms with E-state index in [1.165, 1.54) is 12.8 Å². The van der Waals surface area contributed by atoms with E-state index in [0.29, 0.717) is 6.04 Å². The maximum absolute atomic E-state index is 4.33. The second-order valence-corrected chi connectivity index (χ2v) is 4.47. The molecule has 0 spiro atoms. The molecule has 0 aliphatic carbocycles. The number of aromatic nitrogens is 1. The molecule has 0 radical (unpaired) electrons. The molecular weight excluding hydrogens is 184 g/mol. The number of nitrogens with zero attached hydrogens (tertiary/aromatic N) is 1. The summed E-state index contributed by atoms with van der Waals surface area (Å²) >= 11 is 0. The van der Waals surface area contributed by atoms with Crippen molar-refractivity contribution in [3.63, 3.8) is 0 Å². The maximum atomic E-state index is 4.33. The van der Waals surface area contributed by atoms with Crippen molar-refractivity contribution in [3.8, 4) is 0 Å². The standard InChI is InChI=1S/C13H22N2/c1-11(2)7-6-10-14-12(3)13-8-4-5-9-15-13/h4-5,8-9,11-12,14H,6-7,10H2,1-3H3. The van der Waals surface area contributed by atoms with E-state index in [9.17, 15) is 0 Å². The van der Waals surface area contributed by atoms with E-state index in [1.807, 2.05) is 18.3 Å². The van der Waals surface area contributed by atoms with Gasteiger partial charge < -0.3 is 5.32 Å². The highest BCUT2D eigenvalue weighted by Crippen LogP contribution is 2.08. The van der Waals surface area contributed by atoms with Crippen LogP contribution in [-0.4, -0.2) is 11.5 Å². The van der Waals surface area contributed by atoms with Crippen LogP contribution in [-0.2, 0) is 0 Å². The van der Waals surface area contributed by atoms with E-state index in [4.69, 9.17) is 0 Å². The zero-order valence-electron chi connectivity index (χ0n) is 10.0. The zero-order valence-corrected chi connectivity index (χ0v) is 10.0. The van der Waals surface area contributed by atoms with Crippen LogP contribution in [0.1, 0.15) is 45.3 Å². The van der Waals surface area contributed by atoms with Gasteiger partial charge in [0, 0.05) is 12.2 Å². The van der Waals surface area contributed by atoms with Crippen molar-refractivity contribution in [2.24, 2.45) is 5.92 Å². The van der Waals surface area contributed by atoms with E-state index < -0.39 is 0 Å². The van der Waals surface area contributed by atoms with Crippen LogP contribution >= 0.6 is 0 Å². The van der Waals surface area contributed by atoms with Crippen molar-refractivity contribution in [3.05, 3.63) is 30.1 Å². The lowest BCUT2D eigenvalue weighted by molar-refractivity contribution is 0.493. The fraction of sp³-hybridized carbons (Fsp3) is 0.615. The summed E-state index contributed by atoms with van der Waals surface area (Å²) in [5.41, 5.74) is 1.13. The molecule has 1 unspecified atom stereocenters. The Labute approximate surface area is 93.1 Å². The smallest absolute Gasteiger partial charge is 0.0570 e. The Bertz CT molecular complexity index is 256. The fourth-order valence-corrected chi connectivity index (χ4v) is 1.57. The van der Waals surface area contributed by atoms with Gasteiger partial charge in [-0.2, -0.15) is 0 Å². The number of hydrogen-bond acceptors (Lipinski definition) is 2. The normalized spacial score (nSPS) is 13.1. The number of pyridine rings is 1. The molecule has 1 aromatic rings. The SMILES string of the molecule is CC(C)CCCNC(C)c1ccccn1. The summed E-state index contributed by atoms with van der Waals surface area (Å²) in [6, 6.07) is 6.42. The van der Waals surface area contributed by atoms with Crippen LogP contribution in [0, 0.1) is 5.92 Å². The molecule has 0 fully saturated rings.